The molecule has 1 aliphatic heterocycles. The van der Waals surface area contributed by atoms with Gasteiger partial charge in [-0.15, -0.1) is 0 Å². The lowest BCUT2D eigenvalue weighted by Gasteiger charge is -2.38. The minimum atomic E-state index is -0.330. The molecule has 1 aromatic carbocycles. The molecule has 1 N–H and O–H groups in total. The third-order valence-corrected chi connectivity index (χ3v) is 4.95. The van der Waals surface area contributed by atoms with Crippen molar-refractivity contribution in [1.82, 2.24) is 9.80 Å². The zero-order valence-corrected chi connectivity index (χ0v) is 16.5. The van der Waals surface area contributed by atoms with Gasteiger partial charge >= 0.3 is 0 Å². The minimum absolute atomic E-state index is 0.0973. The molecule has 3 unspecified atom stereocenters. The van der Waals surface area contributed by atoms with E-state index in [4.69, 9.17) is 4.74 Å². The largest absolute Gasteiger partial charge is 0.497 e. The van der Waals surface area contributed by atoms with E-state index in [9.17, 15) is 9.59 Å². The molecule has 0 aromatic heterocycles. The van der Waals surface area contributed by atoms with Crippen LogP contribution in [0.1, 0.15) is 27.2 Å². The number of hydrogen-bond acceptors (Lipinski definition) is 4. The molecule has 2 amide bonds. The lowest BCUT2D eigenvalue weighted by atomic mass is 9.91. The molecule has 1 aromatic rings. The third kappa shape index (κ3) is 5.46. The second-order valence-corrected chi connectivity index (χ2v) is 7.56. The van der Waals surface area contributed by atoms with E-state index < -0.39 is 0 Å². The number of piperidine rings is 1. The van der Waals surface area contributed by atoms with Crippen LogP contribution in [-0.4, -0.2) is 61.4 Å². The Balaban J connectivity index is 1.89. The van der Waals surface area contributed by atoms with Crippen LogP contribution in [0.3, 0.4) is 0 Å². The zero-order chi connectivity index (χ0) is 19.3. The predicted molar refractivity (Wildman–Crippen MR) is 103 cm³/mol. The Bertz CT molecular complexity index is 624. The predicted octanol–water partition coefficient (Wildman–Crippen LogP) is 2.46. The first-order chi connectivity index (χ1) is 12.3. The fourth-order valence-electron chi connectivity index (χ4n) is 3.56. The molecule has 0 bridgehead atoms. The normalized spacial score (nSPS) is 21.4. The Morgan fingerprint density at radius 3 is 2.58 bits per heavy atom. The highest BCUT2D eigenvalue weighted by atomic mass is 16.5. The Morgan fingerprint density at radius 1 is 1.31 bits per heavy atom. The molecule has 26 heavy (non-hydrogen) atoms. The van der Waals surface area contributed by atoms with E-state index in [0.29, 0.717) is 23.3 Å². The topological polar surface area (TPSA) is 61.9 Å². The van der Waals surface area contributed by atoms with Crippen LogP contribution >= 0.6 is 0 Å². The Labute approximate surface area is 156 Å². The highest BCUT2D eigenvalue weighted by molar-refractivity contribution is 5.93. The summed E-state index contributed by atoms with van der Waals surface area (Å²) in [6, 6.07) is 6.89. The summed E-state index contributed by atoms with van der Waals surface area (Å²) < 4.78 is 5.16. The first kappa shape index (κ1) is 20.2. The number of likely N-dealkylation sites (N-methyl/N-ethyl adjacent to an activating group) is 1. The molecule has 2 rings (SSSR count). The Morgan fingerprint density at radius 2 is 1.96 bits per heavy atom. The summed E-state index contributed by atoms with van der Waals surface area (Å²) in [5.41, 5.74) is 0.681. The minimum Gasteiger partial charge on any atom is -0.497 e. The van der Waals surface area contributed by atoms with Crippen molar-refractivity contribution < 1.29 is 14.3 Å². The highest BCUT2D eigenvalue weighted by Gasteiger charge is 2.30. The SMILES string of the molecule is COc1cccc(NC(=O)CN(C)C(C)C(=O)N2CC(C)CC(C)C2)c1. The van der Waals surface area contributed by atoms with Crippen LogP contribution in [0, 0.1) is 11.8 Å². The number of rotatable bonds is 6. The molecule has 0 aliphatic carbocycles. The third-order valence-electron chi connectivity index (χ3n) is 4.95. The molecule has 6 heteroatoms. The van der Waals surface area contributed by atoms with Crippen molar-refractivity contribution in [3.8, 4) is 5.75 Å². The van der Waals surface area contributed by atoms with Gasteiger partial charge in [-0.05, 0) is 44.4 Å². The van der Waals surface area contributed by atoms with Crippen LogP contribution in [0.2, 0.25) is 0 Å². The number of amides is 2. The number of carbonyl (C=O) groups excluding carboxylic acids is 2. The van der Waals surface area contributed by atoms with Gasteiger partial charge in [0.1, 0.15) is 5.75 Å². The zero-order valence-electron chi connectivity index (χ0n) is 16.5. The van der Waals surface area contributed by atoms with Gasteiger partial charge in [-0.25, -0.2) is 0 Å². The smallest absolute Gasteiger partial charge is 0.239 e. The fourth-order valence-corrected chi connectivity index (χ4v) is 3.56. The molecule has 0 spiro atoms. The van der Waals surface area contributed by atoms with Crippen LogP contribution in [0.4, 0.5) is 5.69 Å². The maximum atomic E-state index is 12.8. The molecule has 1 fully saturated rings. The number of methoxy groups -OCH3 is 1. The molecule has 1 saturated heterocycles. The number of nitrogens with zero attached hydrogens (tertiary/aromatic N) is 2. The summed E-state index contributed by atoms with van der Waals surface area (Å²) in [5.74, 6) is 1.68. The van der Waals surface area contributed by atoms with E-state index in [0.717, 1.165) is 19.5 Å². The molecule has 144 valence electrons. The van der Waals surface area contributed by atoms with Gasteiger partial charge in [0, 0.05) is 24.8 Å². The van der Waals surface area contributed by atoms with Crippen LogP contribution in [0.15, 0.2) is 24.3 Å². The van der Waals surface area contributed by atoms with Gasteiger partial charge in [-0.2, -0.15) is 0 Å². The van der Waals surface area contributed by atoms with Crippen molar-refractivity contribution in [2.75, 3.05) is 39.1 Å². The average Bonchev–Trinajstić information content (AvgIpc) is 2.59. The molecule has 6 nitrogen and oxygen atoms in total. The maximum Gasteiger partial charge on any atom is 0.239 e. The van der Waals surface area contributed by atoms with E-state index in [-0.39, 0.29) is 24.4 Å². The summed E-state index contributed by atoms with van der Waals surface area (Å²) in [6.45, 7) is 8.00. The lowest BCUT2D eigenvalue weighted by molar-refractivity contribution is -0.139. The number of ether oxygens (including phenoxy) is 1. The van der Waals surface area contributed by atoms with E-state index in [1.54, 1.807) is 18.1 Å². The highest BCUT2D eigenvalue weighted by Crippen LogP contribution is 2.22. The van der Waals surface area contributed by atoms with E-state index in [1.165, 1.54) is 0 Å². The fraction of sp³-hybridized carbons (Fsp3) is 0.600. The number of hydrogen-bond donors (Lipinski definition) is 1. The van der Waals surface area contributed by atoms with Crippen molar-refractivity contribution in [3.05, 3.63) is 24.3 Å². The van der Waals surface area contributed by atoms with Crippen LogP contribution < -0.4 is 10.1 Å². The molecule has 0 radical (unpaired) electrons. The van der Waals surface area contributed by atoms with Crippen molar-refractivity contribution in [1.29, 1.82) is 0 Å². The van der Waals surface area contributed by atoms with Gasteiger partial charge in [-0.3, -0.25) is 14.5 Å². The number of likely N-dealkylation sites (tertiary alicyclic amines) is 1. The van der Waals surface area contributed by atoms with E-state index >= 15 is 0 Å². The second kappa shape index (κ2) is 9.03. The lowest BCUT2D eigenvalue weighted by Crippen LogP contribution is -2.51. The van der Waals surface area contributed by atoms with Crippen LogP contribution in [0.25, 0.3) is 0 Å². The first-order valence-electron chi connectivity index (χ1n) is 9.23. The van der Waals surface area contributed by atoms with Gasteiger partial charge in [0.25, 0.3) is 0 Å². The standard InChI is InChI=1S/C20H31N3O3/c1-14-9-15(2)12-23(11-14)20(25)16(3)22(4)13-19(24)21-17-7-6-8-18(10-17)26-5/h6-8,10,14-16H,9,11-13H2,1-5H3,(H,21,24). The Kier molecular flexibility index (Phi) is 7.03. The van der Waals surface area contributed by atoms with Crippen LogP contribution in [0.5, 0.6) is 5.75 Å². The first-order valence-corrected chi connectivity index (χ1v) is 9.23. The summed E-state index contributed by atoms with van der Waals surface area (Å²) in [7, 11) is 3.40. The van der Waals surface area contributed by atoms with Crippen LogP contribution in [-0.2, 0) is 9.59 Å². The van der Waals surface area contributed by atoms with Gasteiger partial charge in [0.2, 0.25) is 11.8 Å². The summed E-state index contributed by atoms with van der Waals surface area (Å²) in [4.78, 5) is 28.8. The number of carbonyl (C=O) groups is 2. The summed E-state index contributed by atoms with van der Waals surface area (Å²) in [5, 5.41) is 2.85. The molecule has 1 heterocycles. The van der Waals surface area contributed by atoms with Gasteiger partial charge in [0.05, 0.1) is 19.7 Å². The van der Waals surface area contributed by atoms with E-state index in [1.807, 2.05) is 37.1 Å². The van der Waals surface area contributed by atoms with Crippen molar-refractivity contribution in [2.45, 2.75) is 33.2 Å². The number of nitrogens with one attached hydrogen (secondary N) is 1. The van der Waals surface area contributed by atoms with Gasteiger partial charge in [-0.1, -0.05) is 19.9 Å². The molecular weight excluding hydrogens is 330 g/mol. The Hall–Kier alpha value is -2.08. The number of benzene rings is 1. The van der Waals surface area contributed by atoms with E-state index in [2.05, 4.69) is 19.2 Å². The van der Waals surface area contributed by atoms with Crippen molar-refractivity contribution in [3.63, 3.8) is 0 Å². The average molecular weight is 361 g/mol. The maximum absolute atomic E-state index is 12.8. The number of anilines is 1. The van der Waals surface area contributed by atoms with Gasteiger partial charge in [0.15, 0.2) is 0 Å². The molecule has 0 saturated carbocycles. The molecule has 3 atom stereocenters. The van der Waals surface area contributed by atoms with Crippen molar-refractivity contribution >= 4 is 17.5 Å². The van der Waals surface area contributed by atoms with Gasteiger partial charge < -0.3 is 15.0 Å². The second-order valence-electron chi connectivity index (χ2n) is 7.56. The van der Waals surface area contributed by atoms with Crippen molar-refractivity contribution in [2.24, 2.45) is 11.8 Å². The monoisotopic (exact) mass is 361 g/mol. The summed E-state index contributed by atoms with van der Waals surface area (Å²) >= 11 is 0. The summed E-state index contributed by atoms with van der Waals surface area (Å²) in [6.07, 6.45) is 1.16. The molecular formula is C20H31N3O3. The molecule has 1 aliphatic rings. The quantitative estimate of drug-likeness (QED) is 0.845.